The monoisotopic (exact) mass is 421 g/mol. The van der Waals surface area contributed by atoms with Crippen LogP contribution in [0.4, 0.5) is 5.69 Å². The van der Waals surface area contributed by atoms with Crippen molar-refractivity contribution in [2.75, 3.05) is 11.9 Å². The van der Waals surface area contributed by atoms with Crippen LogP contribution in [0.5, 0.6) is 0 Å². The van der Waals surface area contributed by atoms with Crippen molar-refractivity contribution in [2.45, 2.75) is 37.5 Å². The van der Waals surface area contributed by atoms with Crippen LogP contribution < -0.4 is 10.6 Å². The number of unbranched alkanes of at least 4 members (excludes halogenated alkanes) is 2. The van der Waals surface area contributed by atoms with Crippen LogP contribution in [0.25, 0.3) is 5.65 Å². The van der Waals surface area contributed by atoms with Crippen molar-refractivity contribution in [1.82, 2.24) is 14.7 Å². The molecular formula is C22H23N5O2S. The van der Waals surface area contributed by atoms with Crippen LogP contribution in [0.2, 0.25) is 0 Å². The largest absolute Gasteiger partial charge is 0.351 e. The topological polar surface area (TPSA) is 99.3 Å². The Morgan fingerprint density at radius 3 is 2.70 bits per heavy atom. The molecule has 1 aromatic carbocycles. The van der Waals surface area contributed by atoms with Gasteiger partial charge < -0.3 is 10.6 Å². The maximum atomic E-state index is 12.5. The van der Waals surface area contributed by atoms with Crippen LogP contribution in [0.1, 0.15) is 41.9 Å². The molecule has 154 valence electrons. The molecule has 0 unspecified atom stereocenters. The minimum absolute atomic E-state index is 0.0407. The molecule has 2 heterocycles. The van der Waals surface area contributed by atoms with E-state index in [4.69, 9.17) is 5.26 Å². The lowest BCUT2D eigenvalue weighted by molar-refractivity contribution is -0.116. The number of aromatic nitrogens is 2. The lowest BCUT2D eigenvalue weighted by Crippen LogP contribution is -2.26. The minimum Gasteiger partial charge on any atom is -0.351 e. The number of carbonyl (C=O) groups excluding carboxylic acids is 2. The van der Waals surface area contributed by atoms with Gasteiger partial charge in [-0.25, -0.2) is 4.98 Å². The van der Waals surface area contributed by atoms with E-state index in [1.165, 1.54) is 0 Å². The van der Waals surface area contributed by atoms with Crippen molar-refractivity contribution in [3.05, 3.63) is 60.0 Å². The molecule has 30 heavy (non-hydrogen) atoms. The van der Waals surface area contributed by atoms with Crippen molar-refractivity contribution < 1.29 is 9.59 Å². The van der Waals surface area contributed by atoms with Gasteiger partial charge in [0, 0.05) is 29.7 Å². The third kappa shape index (κ3) is 5.61. The number of thiocyanates is 1. The second-order valence-corrected chi connectivity index (χ2v) is 7.67. The van der Waals surface area contributed by atoms with Gasteiger partial charge in [0.05, 0.1) is 5.69 Å². The summed E-state index contributed by atoms with van der Waals surface area (Å²) in [6.45, 7) is 2.38. The van der Waals surface area contributed by atoms with E-state index >= 15 is 0 Å². The zero-order chi connectivity index (χ0) is 21.3. The van der Waals surface area contributed by atoms with E-state index < -0.39 is 0 Å². The number of nitrogens with one attached hydrogen (secondary N) is 2. The number of hydrogen-bond donors (Lipinski definition) is 2. The second kappa shape index (κ2) is 10.5. The van der Waals surface area contributed by atoms with E-state index in [1.807, 2.05) is 36.7 Å². The number of nitriles is 1. The molecule has 8 heteroatoms. The standard InChI is InChI=1S/C22H23N5O2S/c1-16-21(27-14-6-4-7-19(27)25-16)22(29)24-13-5-2-3-8-20(28)26-17-9-11-18(12-10-17)30-15-23/h4,6-7,9-12,14H,2-3,5,8,13H2,1H3,(H,24,29)(H,26,28). The molecule has 0 fully saturated rings. The van der Waals surface area contributed by atoms with Gasteiger partial charge in [-0.05, 0) is 67.9 Å². The van der Waals surface area contributed by atoms with E-state index in [0.717, 1.165) is 47.3 Å². The van der Waals surface area contributed by atoms with Gasteiger partial charge in [-0.2, -0.15) is 5.26 Å². The van der Waals surface area contributed by atoms with Gasteiger partial charge in [-0.3, -0.25) is 14.0 Å². The molecule has 2 amide bonds. The number of pyridine rings is 1. The number of nitrogens with zero attached hydrogens (tertiary/aromatic N) is 3. The summed E-state index contributed by atoms with van der Waals surface area (Å²) in [5.41, 5.74) is 2.74. The molecule has 2 aromatic heterocycles. The summed E-state index contributed by atoms with van der Waals surface area (Å²) in [7, 11) is 0. The molecule has 0 aliphatic rings. The van der Waals surface area contributed by atoms with Crippen molar-refractivity contribution in [3.63, 3.8) is 0 Å². The number of fused-ring (bicyclic) bond motifs is 1. The first kappa shape index (κ1) is 21.4. The Labute approximate surface area is 179 Å². The Bertz CT molecular complexity index is 1070. The molecule has 0 aliphatic carbocycles. The van der Waals surface area contributed by atoms with Crippen LogP contribution in [0, 0.1) is 17.6 Å². The number of anilines is 1. The highest BCUT2D eigenvalue weighted by atomic mass is 32.2. The fraction of sp³-hybridized carbons (Fsp3) is 0.273. The van der Waals surface area contributed by atoms with Crippen LogP contribution in [0.15, 0.2) is 53.6 Å². The molecule has 0 spiro atoms. The number of benzene rings is 1. The van der Waals surface area contributed by atoms with Gasteiger partial charge in [0.25, 0.3) is 5.91 Å². The molecule has 0 atom stereocenters. The van der Waals surface area contributed by atoms with Crippen LogP contribution in [0.3, 0.4) is 0 Å². The number of rotatable bonds is 9. The van der Waals surface area contributed by atoms with E-state index in [2.05, 4.69) is 15.6 Å². The van der Waals surface area contributed by atoms with Crippen LogP contribution in [-0.2, 0) is 4.79 Å². The molecule has 0 bridgehead atoms. The maximum absolute atomic E-state index is 12.5. The normalized spacial score (nSPS) is 10.5. The highest BCUT2D eigenvalue weighted by molar-refractivity contribution is 8.03. The van der Waals surface area contributed by atoms with Gasteiger partial charge in [-0.15, -0.1) is 0 Å². The molecule has 0 saturated heterocycles. The van der Waals surface area contributed by atoms with Crippen molar-refractivity contribution in [1.29, 1.82) is 5.26 Å². The third-order valence-corrected chi connectivity index (χ3v) is 5.19. The first-order valence-corrected chi connectivity index (χ1v) is 10.6. The summed E-state index contributed by atoms with van der Waals surface area (Å²) in [5.74, 6) is -0.178. The maximum Gasteiger partial charge on any atom is 0.270 e. The fourth-order valence-electron chi connectivity index (χ4n) is 3.14. The number of thioether (sulfide) groups is 1. The number of imidazole rings is 1. The van der Waals surface area contributed by atoms with Gasteiger partial charge in [0.1, 0.15) is 16.7 Å². The predicted octanol–water partition coefficient (Wildman–Crippen LogP) is 4.14. The summed E-state index contributed by atoms with van der Waals surface area (Å²) >= 11 is 1.08. The molecule has 2 N–H and O–H groups in total. The third-order valence-electron chi connectivity index (χ3n) is 4.59. The lowest BCUT2D eigenvalue weighted by atomic mass is 10.2. The van der Waals surface area contributed by atoms with Gasteiger partial charge in [-0.1, -0.05) is 12.5 Å². The van der Waals surface area contributed by atoms with Crippen molar-refractivity contribution in [3.8, 4) is 5.40 Å². The Kier molecular flexibility index (Phi) is 7.46. The quantitative estimate of drug-likeness (QED) is 0.307. The summed E-state index contributed by atoms with van der Waals surface area (Å²) in [6, 6.07) is 12.8. The Morgan fingerprint density at radius 1 is 1.13 bits per heavy atom. The number of amides is 2. The summed E-state index contributed by atoms with van der Waals surface area (Å²) in [5, 5.41) is 16.4. The average molecular weight is 422 g/mol. The number of carbonyl (C=O) groups is 2. The van der Waals surface area contributed by atoms with Crippen molar-refractivity contribution in [2.24, 2.45) is 0 Å². The molecule has 0 saturated carbocycles. The summed E-state index contributed by atoms with van der Waals surface area (Å²) in [4.78, 5) is 29.8. The Morgan fingerprint density at radius 2 is 1.93 bits per heavy atom. The van der Waals surface area contributed by atoms with E-state index in [-0.39, 0.29) is 11.8 Å². The Balaban J connectivity index is 1.35. The van der Waals surface area contributed by atoms with E-state index in [9.17, 15) is 9.59 Å². The average Bonchev–Trinajstić information content (AvgIpc) is 3.08. The zero-order valence-corrected chi connectivity index (χ0v) is 17.5. The lowest BCUT2D eigenvalue weighted by Gasteiger charge is -2.07. The molecule has 3 aromatic rings. The zero-order valence-electron chi connectivity index (χ0n) is 16.7. The van der Waals surface area contributed by atoms with Crippen molar-refractivity contribution >= 4 is 34.9 Å². The molecule has 0 aliphatic heterocycles. The molecule has 7 nitrogen and oxygen atoms in total. The first-order chi connectivity index (χ1) is 14.6. The summed E-state index contributed by atoms with van der Waals surface area (Å²) < 4.78 is 1.79. The first-order valence-electron chi connectivity index (χ1n) is 9.76. The molecular weight excluding hydrogens is 398 g/mol. The minimum atomic E-state index is -0.137. The fourth-order valence-corrected chi connectivity index (χ4v) is 3.52. The molecule has 0 radical (unpaired) electrons. The number of hydrogen-bond acceptors (Lipinski definition) is 5. The summed E-state index contributed by atoms with van der Waals surface area (Å²) in [6.07, 6.45) is 4.65. The van der Waals surface area contributed by atoms with Gasteiger partial charge >= 0.3 is 0 Å². The van der Waals surface area contributed by atoms with Gasteiger partial charge in [0.15, 0.2) is 0 Å². The van der Waals surface area contributed by atoms with Crippen LogP contribution in [-0.4, -0.2) is 27.7 Å². The highest BCUT2D eigenvalue weighted by Gasteiger charge is 2.15. The SMILES string of the molecule is Cc1nc2ccccn2c1C(=O)NCCCCCC(=O)Nc1ccc(SC#N)cc1. The predicted molar refractivity (Wildman–Crippen MR) is 117 cm³/mol. The number of aryl methyl sites for hydroxylation is 1. The smallest absolute Gasteiger partial charge is 0.270 e. The second-order valence-electron chi connectivity index (χ2n) is 6.81. The van der Waals surface area contributed by atoms with E-state index in [1.54, 1.807) is 28.7 Å². The van der Waals surface area contributed by atoms with Gasteiger partial charge in [0.2, 0.25) is 5.91 Å². The highest BCUT2D eigenvalue weighted by Crippen LogP contribution is 2.19. The van der Waals surface area contributed by atoms with Crippen LogP contribution >= 0.6 is 11.8 Å². The molecule has 3 rings (SSSR count). The Hall–Kier alpha value is -3.31. The van der Waals surface area contributed by atoms with E-state index in [0.29, 0.717) is 24.4 Å².